The van der Waals surface area contributed by atoms with Crippen LogP contribution in [0.1, 0.15) is 18.4 Å². The van der Waals surface area contributed by atoms with Crippen LogP contribution in [0.2, 0.25) is 0 Å². The minimum absolute atomic E-state index is 0.158. The van der Waals surface area contributed by atoms with Crippen molar-refractivity contribution in [2.45, 2.75) is 19.8 Å². The molecule has 1 aliphatic heterocycles. The number of benzene rings is 1. The molecule has 0 atom stereocenters. The molecule has 1 aromatic carbocycles. The summed E-state index contributed by atoms with van der Waals surface area (Å²) in [5, 5.41) is 3.25. The number of amides is 1. The summed E-state index contributed by atoms with van der Waals surface area (Å²) in [6.45, 7) is 4.48. The first-order valence-electron chi connectivity index (χ1n) is 6.38. The molecule has 0 aromatic heterocycles. The number of ether oxygens (including phenoxy) is 1. The van der Waals surface area contributed by atoms with Crippen LogP contribution in [0, 0.1) is 6.92 Å². The maximum Gasteiger partial charge on any atom is 0.228 e. The average Bonchev–Trinajstić information content (AvgIpc) is 2.34. The summed E-state index contributed by atoms with van der Waals surface area (Å²) in [5.74, 6) is 0.925. The lowest BCUT2D eigenvalue weighted by Gasteiger charge is -2.27. The molecule has 0 saturated carbocycles. The van der Waals surface area contributed by atoms with Gasteiger partial charge in [0.25, 0.3) is 0 Å². The van der Waals surface area contributed by atoms with Crippen molar-refractivity contribution in [1.82, 2.24) is 5.32 Å². The van der Waals surface area contributed by atoms with Gasteiger partial charge in [-0.3, -0.25) is 4.79 Å². The summed E-state index contributed by atoms with van der Waals surface area (Å²) < 4.78 is 5.36. The van der Waals surface area contributed by atoms with E-state index in [1.54, 1.807) is 7.11 Å². The zero-order valence-corrected chi connectivity index (χ0v) is 11.0. The van der Waals surface area contributed by atoms with Crippen molar-refractivity contribution in [1.29, 1.82) is 0 Å². The summed E-state index contributed by atoms with van der Waals surface area (Å²) in [4.78, 5) is 14.0. The molecule has 4 heteroatoms. The van der Waals surface area contributed by atoms with Crippen LogP contribution in [-0.4, -0.2) is 32.7 Å². The molecule has 2 rings (SSSR count). The van der Waals surface area contributed by atoms with Gasteiger partial charge in [0.1, 0.15) is 5.75 Å². The normalized spacial score (nSPS) is 17.2. The smallest absolute Gasteiger partial charge is 0.228 e. The van der Waals surface area contributed by atoms with E-state index < -0.39 is 0 Å². The molecule has 1 aromatic rings. The van der Waals surface area contributed by atoms with Crippen molar-refractivity contribution >= 4 is 11.6 Å². The monoisotopic (exact) mass is 248 g/mol. The molecule has 1 amide bonds. The molecular weight excluding hydrogens is 228 g/mol. The van der Waals surface area contributed by atoms with Crippen molar-refractivity contribution in [3.05, 3.63) is 23.8 Å². The number of methoxy groups -OCH3 is 1. The third-order valence-electron chi connectivity index (χ3n) is 3.18. The number of anilines is 1. The fraction of sp³-hybridized carbons (Fsp3) is 0.500. The Hall–Kier alpha value is -1.55. The van der Waals surface area contributed by atoms with E-state index in [1.807, 2.05) is 30.0 Å². The topological polar surface area (TPSA) is 41.6 Å². The Morgan fingerprint density at radius 2 is 2.17 bits per heavy atom. The van der Waals surface area contributed by atoms with Crippen LogP contribution >= 0.6 is 0 Å². The molecule has 0 bridgehead atoms. The Morgan fingerprint density at radius 1 is 1.33 bits per heavy atom. The predicted octanol–water partition coefficient (Wildman–Crippen LogP) is 1.72. The SMILES string of the molecule is COc1ccc(C)cc1N1CCCNCCC1=O. The molecule has 4 nitrogen and oxygen atoms in total. The van der Waals surface area contributed by atoms with E-state index in [0.29, 0.717) is 6.42 Å². The lowest BCUT2D eigenvalue weighted by Crippen LogP contribution is -2.38. The maximum atomic E-state index is 12.2. The van der Waals surface area contributed by atoms with Crippen LogP contribution in [0.5, 0.6) is 5.75 Å². The van der Waals surface area contributed by atoms with Crippen LogP contribution in [0.3, 0.4) is 0 Å². The van der Waals surface area contributed by atoms with Gasteiger partial charge in [0, 0.05) is 19.5 Å². The zero-order chi connectivity index (χ0) is 13.0. The van der Waals surface area contributed by atoms with E-state index in [4.69, 9.17) is 4.74 Å². The minimum atomic E-state index is 0.158. The van der Waals surface area contributed by atoms with Gasteiger partial charge in [0.05, 0.1) is 12.8 Å². The molecule has 18 heavy (non-hydrogen) atoms. The molecule has 0 spiro atoms. The summed E-state index contributed by atoms with van der Waals surface area (Å²) >= 11 is 0. The first kappa shape index (κ1) is 12.9. The number of nitrogens with one attached hydrogen (secondary N) is 1. The Balaban J connectivity index is 2.31. The van der Waals surface area contributed by atoms with Crippen LogP contribution in [0.15, 0.2) is 18.2 Å². The number of carbonyl (C=O) groups is 1. The average molecular weight is 248 g/mol. The van der Waals surface area contributed by atoms with E-state index in [1.165, 1.54) is 0 Å². The third kappa shape index (κ3) is 2.82. The van der Waals surface area contributed by atoms with Crippen LogP contribution in [0.25, 0.3) is 0 Å². The van der Waals surface area contributed by atoms with Gasteiger partial charge >= 0.3 is 0 Å². The van der Waals surface area contributed by atoms with Crippen molar-refractivity contribution in [2.24, 2.45) is 0 Å². The number of hydrogen-bond donors (Lipinski definition) is 1. The quantitative estimate of drug-likeness (QED) is 0.866. The second kappa shape index (κ2) is 5.87. The molecule has 1 heterocycles. The fourth-order valence-electron chi connectivity index (χ4n) is 2.21. The fourth-order valence-corrected chi connectivity index (χ4v) is 2.21. The summed E-state index contributed by atoms with van der Waals surface area (Å²) in [7, 11) is 1.64. The number of carbonyl (C=O) groups excluding carboxylic acids is 1. The maximum absolute atomic E-state index is 12.2. The highest BCUT2D eigenvalue weighted by Gasteiger charge is 2.20. The van der Waals surface area contributed by atoms with Gasteiger partial charge in [-0.2, -0.15) is 0 Å². The van der Waals surface area contributed by atoms with Gasteiger partial charge < -0.3 is 15.0 Å². The van der Waals surface area contributed by atoms with E-state index in [-0.39, 0.29) is 5.91 Å². The highest BCUT2D eigenvalue weighted by Crippen LogP contribution is 2.30. The van der Waals surface area contributed by atoms with Crippen LogP contribution < -0.4 is 15.0 Å². The highest BCUT2D eigenvalue weighted by molar-refractivity contribution is 5.95. The second-order valence-corrected chi connectivity index (χ2v) is 4.57. The first-order valence-corrected chi connectivity index (χ1v) is 6.38. The van der Waals surface area contributed by atoms with E-state index in [9.17, 15) is 4.79 Å². The van der Waals surface area contributed by atoms with Crippen molar-refractivity contribution in [3.63, 3.8) is 0 Å². The molecule has 0 aliphatic carbocycles. The predicted molar refractivity (Wildman–Crippen MR) is 72.2 cm³/mol. The lowest BCUT2D eigenvalue weighted by atomic mass is 10.1. The largest absolute Gasteiger partial charge is 0.495 e. The Bertz CT molecular complexity index is 432. The number of nitrogens with zero attached hydrogens (tertiary/aromatic N) is 1. The van der Waals surface area contributed by atoms with E-state index in [2.05, 4.69) is 5.32 Å². The zero-order valence-electron chi connectivity index (χ0n) is 11.0. The molecular formula is C14H20N2O2. The van der Waals surface area contributed by atoms with Gasteiger partial charge in [-0.05, 0) is 37.6 Å². The Labute approximate surface area is 108 Å². The summed E-state index contributed by atoms with van der Waals surface area (Å²) in [6, 6.07) is 5.94. The van der Waals surface area contributed by atoms with Gasteiger partial charge in [-0.1, -0.05) is 6.07 Å². The molecule has 0 radical (unpaired) electrons. The number of hydrogen-bond acceptors (Lipinski definition) is 3. The van der Waals surface area contributed by atoms with Crippen LogP contribution in [0.4, 0.5) is 5.69 Å². The third-order valence-corrected chi connectivity index (χ3v) is 3.18. The summed E-state index contributed by atoms with van der Waals surface area (Å²) in [5.41, 5.74) is 2.03. The molecule has 1 fully saturated rings. The van der Waals surface area contributed by atoms with E-state index in [0.717, 1.165) is 43.1 Å². The number of rotatable bonds is 2. The number of aryl methyl sites for hydroxylation is 1. The van der Waals surface area contributed by atoms with Crippen molar-refractivity contribution in [2.75, 3.05) is 31.6 Å². The molecule has 1 N–H and O–H groups in total. The van der Waals surface area contributed by atoms with Gasteiger partial charge in [0.15, 0.2) is 0 Å². The van der Waals surface area contributed by atoms with Gasteiger partial charge in [-0.15, -0.1) is 0 Å². The lowest BCUT2D eigenvalue weighted by molar-refractivity contribution is -0.118. The first-order chi connectivity index (χ1) is 8.72. The van der Waals surface area contributed by atoms with E-state index >= 15 is 0 Å². The molecule has 98 valence electrons. The summed E-state index contributed by atoms with van der Waals surface area (Å²) in [6.07, 6.45) is 1.50. The Morgan fingerprint density at radius 3 is 2.94 bits per heavy atom. The van der Waals surface area contributed by atoms with Crippen LogP contribution in [-0.2, 0) is 4.79 Å². The molecule has 0 unspecified atom stereocenters. The highest BCUT2D eigenvalue weighted by atomic mass is 16.5. The second-order valence-electron chi connectivity index (χ2n) is 4.57. The van der Waals surface area contributed by atoms with Gasteiger partial charge in [0.2, 0.25) is 5.91 Å². The Kier molecular flexibility index (Phi) is 4.20. The van der Waals surface area contributed by atoms with Crippen molar-refractivity contribution < 1.29 is 9.53 Å². The van der Waals surface area contributed by atoms with Crippen molar-refractivity contribution in [3.8, 4) is 5.75 Å². The molecule has 1 saturated heterocycles. The standard InChI is InChI=1S/C14H20N2O2/c1-11-4-5-13(18-2)12(10-11)16-9-3-7-15-8-6-14(16)17/h4-5,10,15H,3,6-9H2,1-2H3. The minimum Gasteiger partial charge on any atom is -0.495 e. The van der Waals surface area contributed by atoms with Gasteiger partial charge in [-0.25, -0.2) is 0 Å². The molecule has 1 aliphatic rings.